The van der Waals surface area contributed by atoms with Crippen molar-refractivity contribution in [3.05, 3.63) is 0 Å². The van der Waals surface area contributed by atoms with Gasteiger partial charge in [0.25, 0.3) is 0 Å². The standard InChI is InChI=1S/C15H27N3O/c1-12-10-13(2)14(3)18(11-12)9-6-15(19)17(4)8-5-7-16/h12-14H,5-6,8-11H2,1-4H3. The molecule has 4 heteroatoms. The summed E-state index contributed by atoms with van der Waals surface area (Å²) in [6.07, 6.45) is 2.26. The van der Waals surface area contributed by atoms with E-state index in [1.54, 1.807) is 11.9 Å². The molecule has 0 saturated carbocycles. The zero-order valence-electron chi connectivity index (χ0n) is 12.7. The fourth-order valence-electron chi connectivity index (χ4n) is 2.90. The molecule has 108 valence electrons. The Balaban J connectivity index is 2.38. The smallest absolute Gasteiger partial charge is 0.223 e. The molecule has 3 unspecified atom stereocenters. The third-order valence-corrected chi connectivity index (χ3v) is 4.32. The number of carbonyl (C=O) groups is 1. The summed E-state index contributed by atoms with van der Waals surface area (Å²) in [6.45, 7) is 9.33. The number of likely N-dealkylation sites (tertiary alicyclic amines) is 1. The molecule has 1 saturated heterocycles. The highest BCUT2D eigenvalue weighted by Crippen LogP contribution is 2.26. The minimum Gasteiger partial charge on any atom is -0.345 e. The number of hydrogen-bond acceptors (Lipinski definition) is 3. The number of piperidine rings is 1. The van der Waals surface area contributed by atoms with Crippen LogP contribution in [0.15, 0.2) is 0 Å². The lowest BCUT2D eigenvalue weighted by Crippen LogP contribution is -2.47. The molecule has 0 spiro atoms. The molecule has 0 N–H and O–H groups in total. The van der Waals surface area contributed by atoms with Gasteiger partial charge in [0.15, 0.2) is 0 Å². The zero-order valence-corrected chi connectivity index (χ0v) is 12.7. The molecule has 1 fully saturated rings. The molecule has 1 aliphatic heterocycles. The second-order valence-corrected chi connectivity index (χ2v) is 6.03. The Morgan fingerprint density at radius 3 is 2.74 bits per heavy atom. The van der Waals surface area contributed by atoms with Gasteiger partial charge >= 0.3 is 0 Å². The van der Waals surface area contributed by atoms with Crippen LogP contribution in [0.5, 0.6) is 0 Å². The fourth-order valence-corrected chi connectivity index (χ4v) is 2.90. The number of hydrogen-bond donors (Lipinski definition) is 0. The highest BCUT2D eigenvalue weighted by molar-refractivity contribution is 5.76. The summed E-state index contributed by atoms with van der Waals surface area (Å²) in [5, 5.41) is 8.53. The van der Waals surface area contributed by atoms with Crippen molar-refractivity contribution in [2.45, 2.75) is 46.1 Å². The van der Waals surface area contributed by atoms with Gasteiger partial charge in [-0.15, -0.1) is 0 Å². The molecule has 4 nitrogen and oxygen atoms in total. The van der Waals surface area contributed by atoms with Crippen molar-refractivity contribution in [3.8, 4) is 6.07 Å². The quantitative estimate of drug-likeness (QED) is 0.765. The van der Waals surface area contributed by atoms with Gasteiger partial charge in [-0.05, 0) is 25.2 Å². The van der Waals surface area contributed by atoms with Gasteiger partial charge in [0, 0.05) is 39.1 Å². The highest BCUT2D eigenvalue weighted by atomic mass is 16.2. The first-order chi connectivity index (χ1) is 8.95. The molecule has 0 aromatic heterocycles. The van der Waals surface area contributed by atoms with Crippen LogP contribution in [0.25, 0.3) is 0 Å². The summed E-state index contributed by atoms with van der Waals surface area (Å²) in [7, 11) is 1.78. The molecule has 19 heavy (non-hydrogen) atoms. The molecule has 0 aromatic carbocycles. The minimum atomic E-state index is 0.147. The molecule has 0 bridgehead atoms. The number of nitriles is 1. The second kappa shape index (κ2) is 7.49. The van der Waals surface area contributed by atoms with Crippen LogP contribution < -0.4 is 0 Å². The van der Waals surface area contributed by atoms with E-state index in [1.165, 1.54) is 6.42 Å². The molecule has 1 aliphatic rings. The van der Waals surface area contributed by atoms with E-state index in [2.05, 4.69) is 31.7 Å². The largest absolute Gasteiger partial charge is 0.345 e. The van der Waals surface area contributed by atoms with Crippen LogP contribution in [0.2, 0.25) is 0 Å². The highest BCUT2D eigenvalue weighted by Gasteiger charge is 2.28. The van der Waals surface area contributed by atoms with Crippen molar-refractivity contribution < 1.29 is 4.79 Å². The van der Waals surface area contributed by atoms with Crippen molar-refractivity contribution in [1.29, 1.82) is 5.26 Å². The molecule has 0 radical (unpaired) electrons. The van der Waals surface area contributed by atoms with Gasteiger partial charge < -0.3 is 4.90 Å². The lowest BCUT2D eigenvalue weighted by atomic mass is 9.86. The van der Waals surface area contributed by atoms with E-state index < -0.39 is 0 Å². The predicted octanol–water partition coefficient (Wildman–Crippen LogP) is 2.11. The molecule has 0 aromatic rings. The fraction of sp³-hybridized carbons (Fsp3) is 0.867. The van der Waals surface area contributed by atoms with Gasteiger partial charge in [-0.3, -0.25) is 9.69 Å². The normalized spacial score (nSPS) is 27.8. The summed E-state index contributed by atoms with van der Waals surface area (Å²) in [4.78, 5) is 16.1. The Kier molecular flexibility index (Phi) is 6.30. The summed E-state index contributed by atoms with van der Waals surface area (Å²) in [6, 6.07) is 2.64. The van der Waals surface area contributed by atoms with Gasteiger partial charge in [0.05, 0.1) is 12.5 Å². The van der Waals surface area contributed by atoms with Crippen molar-refractivity contribution in [1.82, 2.24) is 9.80 Å². The van der Waals surface area contributed by atoms with E-state index in [-0.39, 0.29) is 5.91 Å². The summed E-state index contributed by atoms with van der Waals surface area (Å²) in [5.41, 5.74) is 0. The van der Waals surface area contributed by atoms with E-state index in [0.717, 1.165) is 19.0 Å². The molecule has 3 atom stereocenters. The number of nitrogens with zero attached hydrogens (tertiary/aromatic N) is 3. The maximum Gasteiger partial charge on any atom is 0.223 e. The Hall–Kier alpha value is -1.08. The summed E-state index contributed by atoms with van der Waals surface area (Å²) >= 11 is 0. The lowest BCUT2D eigenvalue weighted by molar-refractivity contribution is -0.130. The molecular weight excluding hydrogens is 238 g/mol. The maximum absolute atomic E-state index is 12.0. The van der Waals surface area contributed by atoms with Gasteiger partial charge in [-0.1, -0.05) is 13.8 Å². The number of rotatable bonds is 5. The van der Waals surface area contributed by atoms with Crippen LogP contribution >= 0.6 is 0 Å². The van der Waals surface area contributed by atoms with Gasteiger partial charge in [-0.2, -0.15) is 5.26 Å². The Labute approximate surface area is 117 Å². The lowest BCUT2D eigenvalue weighted by Gasteiger charge is -2.41. The number of carbonyl (C=O) groups excluding carboxylic acids is 1. The van der Waals surface area contributed by atoms with Crippen LogP contribution in [0, 0.1) is 23.2 Å². The Morgan fingerprint density at radius 1 is 1.42 bits per heavy atom. The molecular formula is C15H27N3O. The first-order valence-corrected chi connectivity index (χ1v) is 7.30. The first-order valence-electron chi connectivity index (χ1n) is 7.30. The van der Waals surface area contributed by atoms with Crippen molar-refractivity contribution in [3.63, 3.8) is 0 Å². The van der Waals surface area contributed by atoms with Crippen LogP contribution in [0.4, 0.5) is 0 Å². The topological polar surface area (TPSA) is 47.3 Å². The average Bonchev–Trinajstić information content (AvgIpc) is 2.37. The molecule has 1 rings (SSSR count). The van der Waals surface area contributed by atoms with E-state index in [4.69, 9.17) is 5.26 Å². The van der Waals surface area contributed by atoms with E-state index >= 15 is 0 Å². The SMILES string of the molecule is CC1CC(C)C(C)N(CCC(=O)N(C)CCC#N)C1. The third-order valence-electron chi connectivity index (χ3n) is 4.32. The maximum atomic E-state index is 12.0. The summed E-state index contributed by atoms with van der Waals surface area (Å²) in [5.74, 6) is 1.57. The second-order valence-electron chi connectivity index (χ2n) is 6.03. The third kappa shape index (κ3) is 4.83. The van der Waals surface area contributed by atoms with E-state index in [1.807, 2.05) is 0 Å². The van der Waals surface area contributed by atoms with Crippen molar-refractivity contribution >= 4 is 5.91 Å². The van der Waals surface area contributed by atoms with Crippen molar-refractivity contribution in [2.24, 2.45) is 11.8 Å². The monoisotopic (exact) mass is 265 g/mol. The number of amides is 1. The summed E-state index contributed by atoms with van der Waals surface area (Å²) < 4.78 is 0. The Morgan fingerprint density at radius 2 is 2.11 bits per heavy atom. The van der Waals surface area contributed by atoms with Crippen LogP contribution in [0.1, 0.15) is 40.0 Å². The van der Waals surface area contributed by atoms with Gasteiger partial charge in [-0.25, -0.2) is 0 Å². The predicted molar refractivity (Wildman–Crippen MR) is 76.5 cm³/mol. The zero-order chi connectivity index (χ0) is 14.4. The van der Waals surface area contributed by atoms with E-state index in [9.17, 15) is 4.79 Å². The van der Waals surface area contributed by atoms with Crippen LogP contribution in [-0.4, -0.2) is 48.4 Å². The molecule has 1 amide bonds. The van der Waals surface area contributed by atoms with Crippen LogP contribution in [0.3, 0.4) is 0 Å². The Bertz CT molecular complexity index is 337. The molecule has 0 aliphatic carbocycles. The molecule has 1 heterocycles. The first kappa shape index (κ1) is 16.0. The minimum absolute atomic E-state index is 0.147. The van der Waals surface area contributed by atoms with Gasteiger partial charge in [0.2, 0.25) is 5.91 Å². The van der Waals surface area contributed by atoms with Gasteiger partial charge in [0.1, 0.15) is 0 Å². The van der Waals surface area contributed by atoms with Crippen molar-refractivity contribution in [2.75, 3.05) is 26.7 Å². The average molecular weight is 265 g/mol. The van der Waals surface area contributed by atoms with Crippen LogP contribution in [-0.2, 0) is 4.79 Å². The van der Waals surface area contributed by atoms with E-state index in [0.29, 0.717) is 31.3 Å².